The first-order valence-corrected chi connectivity index (χ1v) is 3.40. The van der Waals surface area contributed by atoms with Crippen molar-refractivity contribution in [3.8, 4) is 0 Å². The van der Waals surface area contributed by atoms with Crippen LogP contribution < -0.4 is 0 Å². The van der Waals surface area contributed by atoms with Crippen LogP contribution in [0.25, 0.3) is 0 Å². The summed E-state index contributed by atoms with van der Waals surface area (Å²) in [6.45, 7) is 5.95. The van der Waals surface area contributed by atoms with Crippen molar-refractivity contribution in [2.45, 2.75) is 38.9 Å². The third kappa shape index (κ3) is 4.41. The first-order chi connectivity index (χ1) is 3.66. The molecule has 0 aromatic rings. The highest BCUT2D eigenvalue weighted by atomic mass is 35.5. The maximum absolute atomic E-state index is 5.64. The molecule has 0 aliphatic rings. The Kier molecular flexibility index (Phi) is 4.29. The van der Waals surface area contributed by atoms with Crippen LogP contribution in [0.2, 0.25) is 0 Å². The molecule has 0 fully saturated rings. The summed E-state index contributed by atoms with van der Waals surface area (Å²) in [5, 5.41) is 0. The first-order valence-electron chi connectivity index (χ1n) is 2.96. The first kappa shape index (κ1) is 8.25. The number of hydrogen-bond donors (Lipinski definition) is 0. The van der Waals surface area contributed by atoms with E-state index >= 15 is 0 Å². The quantitative estimate of drug-likeness (QED) is 0.542. The van der Waals surface area contributed by atoms with Crippen molar-refractivity contribution in [2.24, 2.45) is 0 Å². The molecule has 0 bridgehead atoms. The average molecular weight is 137 g/mol. The predicted octanol–water partition coefficient (Wildman–Crippen LogP) is 2.39. The van der Waals surface area contributed by atoms with Crippen LogP contribution in [0.5, 0.6) is 0 Å². The van der Waals surface area contributed by atoms with E-state index in [-0.39, 0.29) is 11.7 Å². The molecule has 1 atom stereocenters. The van der Waals surface area contributed by atoms with Gasteiger partial charge in [0.15, 0.2) is 0 Å². The van der Waals surface area contributed by atoms with Gasteiger partial charge in [0.05, 0.1) is 6.10 Å². The van der Waals surface area contributed by atoms with Gasteiger partial charge in [0.25, 0.3) is 0 Å². The van der Waals surface area contributed by atoms with Gasteiger partial charge in [-0.2, -0.15) is 0 Å². The third-order valence-corrected chi connectivity index (χ3v) is 1.15. The van der Waals surface area contributed by atoms with Gasteiger partial charge in [-0.25, -0.2) is 0 Å². The fraction of sp³-hybridized carbons (Fsp3) is 1.00. The molecular formula is C6H13ClO. The Balaban J connectivity index is 3.10. The van der Waals surface area contributed by atoms with Gasteiger partial charge in [-0.3, -0.25) is 0 Å². The van der Waals surface area contributed by atoms with Crippen molar-refractivity contribution in [1.29, 1.82) is 0 Å². The number of alkyl halides is 1. The van der Waals surface area contributed by atoms with Crippen LogP contribution in [0, 0.1) is 0 Å². The Morgan fingerprint density at radius 3 is 2.12 bits per heavy atom. The van der Waals surface area contributed by atoms with Gasteiger partial charge >= 0.3 is 0 Å². The second-order valence-electron chi connectivity index (χ2n) is 2.00. The summed E-state index contributed by atoms with van der Waals surface area (Å²) in [7, 11) is 0. The van der Waals surface area contributed by atoms with E-state index in [1.54, 1.807) is 0 Å². The smallest absolute Gasteiger partial charge is 0.131 e. The Morgan fingerprint density at radius 2 is 2.00 bits per heavy atom. The molecule has 0 amide bonds. The lowest BCUT2D eigenvalue weighted by Crippen LogP contribution is -2.10. The summed E-state index contributed by atoms with van der Waals surface area (Å²) >= 11 is 5.64. The number of ether oxygens (including phenoxy) is 1. The monoisotopic (exact) mass is 136 g/mol. The number of rotatable bonds is 3. The van der Waals surface area contributed by atoms with Crippen LogP contribution >= 0.6 is 11.6 Å². The van der Waals surface area contributed by atoms with E-state index in [1.807, 2.05) is 20.8 Å². The molecule has 50 valence electrons. The zero-order valence-corrected chi connectivity index (χ0v) is 6.40. The lowest BCUT2D eigenvalue weighted by Gasteiger charge is -2.10. The SMILES string of the molecule is CCC(Cl)OC(C)C. The summed E-state index contributed by atoms with van der Waals surface area (Å²) < 4.78 is 5.16. The summed E-state index contributed by atoms with van der Waals surface area (Å²) in [4.78, 5) is 0. The van der Waals surface area contributed by atoms with Crippen LogP contribution in [0.3, 0.4) is 0 Å². The molecule has 8 heavy (non-hydrogen) atoms. The Labute approximate surface area is 56.0 Å². The summed E-state index contributed by atoms with van der Waals surface area (Å²) in [5.74, 6) is 0. The molecule has 2 heteroatoms. The standard InChI is InChI=1S/C6H13ClO/c1-4-6(7)8-5(2)3/h5-6H,4H2,1-3H3. The van der Waals surface area contributed by atoms with Crippen molar-refractivity contribution in [1.82, 2.24) is 0 Å². The molecule has 1 unspecified atom stereocenters. The number of halogens is 1. The minimum atomic E-state index is -0.102. The molecule has 1 nitrogen and oxygen atoms in total. The van der Waals surface area contributed by atoms with Gasteiger partial charge in [-0.05, 0) is 20.3 Å². The van der Waals surface area contributed by atoms with Crippen LogP contribution in [0.1, 0.15) is 27.2 Å². The van der Waals surface area contributed by atoms with E-state index in [0.717, 1.165) is 6.42 Å². The zero-order valence-electron chi connectivity index (χ0n) is 5.65. The minimum Gasteiger partial charge on any atom is -0.360 e. The van der Waals surface area contributed by atoms with Crippen molar-refractivity contribution < 1.29 is 4.74 Å². The highest BCUT2D eigenvalue weighted by Gasteiger charge is 2.01. The predicted molar refractivity (Wildman–Crippen MR) is 36.2 cm³/mol. The Bertz CT molecular complexity index is 54.5. The second kappa shape index (κ2) is 4.16. The summed E-state index contributed by atoms with van der Waals surface area (Å²) in [5.41, 5.74) is -0.102. The van der Waals surface area contributed by atoms with Crippen LogP contribution in [-0.4, -0.2) is 11.7 Å². The Morgan fingerprint density at radius 1 is 1.50 bits per heavy atom. The lowest BCUT2D eigenvalue weighted by molar-refractivity contribution is 0.0532. The maximum Gasteiger partial charge on any atom is 0.131 e. The normalized spacial score (nSPS) is 14.6. The largest absolute Gasteiger partial charge is 0.360 e. The highest BCUT2D eigenvalue weighted by Crippen LogP contribution is 2.05. The van der Waals surface area contributed by atoms with E-state index in [9.17, 15) is 0 Å². The van der Waals surface area contributed by atoms with Gasteiger partial charge < -0.3 is 4.74 Å². The molecule has 0 aliphatic heterocycles. The fourth-order valence-corrected chi connectivity index (χ4v) is 0.597. The Hall–Kier alpha value is 0.250. The van der Waals surface area contributed by atoms with Crippen molar-refractivity contribution in [3.63, 3.8) is 0 Å². The molecule has 0 aromatic heterocycles. The van der Waals surface area contributed by atoms with Gasteiger partial charge in [0.2, 0.25) is 0 Å². The van der Waals surface area contributed by atoms with E-state index in [2.05, 4.69) is 0 Å². The number of hydrogen-bond acceptors (Lipinski definition) is 1. The van der Waals surface area contributed by atoms with E-state index in [4.69, 9.17) is 16.3 Å². The van der Waals surface area contributed by atoms with E-state index < -0.39 is 0 Å². The van der Waals surface area contributed by atoms with Gasteiger partial charge in [-0.1, -0.05) is 18.5 Å². The zero-order chi connectivity index (χ0) is 6.57. The van der Waals surface area contributed by atoms with Gasteiger partial charge in [0.1, 0.15) is 5.56 Å². The van der Waals surface area contributed by atoms with Crippen LogP contribution in [-0.2, 0) is 4.74 Å². The van der Waals surface area contributed by atoms with Gasteiger partial charge in [0, 0.05) is 0 Å². The van der Waals surface area contributed by atoms with Crippen molar-refractivity contribution in [2.75, 3.05) is 0 Å². The molecular weight excluding hydrogens is 124 g/mol. The molecule has 0 aromatic carbocycles. The van der Waals surface area contributed by atoms with Crippen LogP contribution in [0.4, 0.5) is 0 Å². The third-order valence-electron chi connectivity index (χ3n) is 0.741. The molecule has 0 aliphatic carbocycles. The van der Waals surface area contributed by atoms with Crippen LogP contribution in [0.15, 0.2) is 0 Å². The molecule has 0 rings (SSSR count). The molecule has 0 N–H and O–H groups in total. The van der Waals surface area contributed by atoms with Gasteiger partial charge in [-0.15, -0.1) is 0 Å². The van der Waals surface area contributed by atoms with Crippen molar-refractivity contribution >= 4 is 11.6 Å². The minimum absolute atomic E-state index is 0.102. The van der Waals surface area contributed by atoms with Crippen molar-refractivity contribution in [3.05, 3.63) is 0 Å². The molecule has 0 saturated heterocycles. The summed E-state index contributed by atoms with van der Waals surface area (Å²) in [6, 6.07) is 0. The second-order valence-corrected chi connectivity index (χ2v) is 2.49. The topological polar surface area (TPSA) is 9.23 Å². The molecule has 0 heterocycles. The fourth-order valence-electron chi connectivity index (χ4n) is 0.392. The summed E-state index contributed by atoms with van der Waals surface area (Å²) in [6.07, 6.45) is 1.12. The maximum atomic E-state index is 5.64. The molecule has 0 saturated carbocycles. The van der Waals surface area contributed by atoms with E-state index in [1.165, 1.54) is 0 Å². The molecule has 0 spiro atoms. The average Bonchev–Trinajstić information content (AvgIpc) is 1.65. The molecule has 0 radical (unpaired) electrons. The highest BCUT2D eigenvalue weighted by molar-refractivity contribution is 6.19. The lowest BCUT2D eigenvalue weighted by atomic mass is 10.4. The van der Waals surface area contributed by atoms with E-state index in [0.29, 0.717) is 0 Å².